The molecule has 0 unspecified atom stereocenters. The van der Waals surface area contributed by atoms with Gasteiger partial charge in [-0.15, -0.1) is 11.3 Å². The van der Waals surface area contributed by atoms with Crippen molar-refractivity contribution in [3.8, 4) is 11.3 Å². The van der Waals surface area contributed by atoms with Crippen LogP contribution >= 0.6 is 11.3 Å². The molecule has 32 heavy (non-hydrogen) atoms. The van der Waals surface area contributed by atoms with Crippen LogP contribution in [0.15, 0.2) is 66.2 Å². The Morgan fingerprint density at radius 2 is 1.94 bits per heavy atom. The highest BCUT2D eigenvalue weighted by Gasteiger charge is 2.15. The quantitative estimate of drug-likeness (QED) is 0.404. The Morgan fingerprint density at radius 1 is 1.16 bits per heavy atom. The van der Waals surface area contributed by atoms with Crippen LogP contribution in [0.1, 0.15) is 11.3 Å². The molecule has 4 aromatic rings. The zero-order chi connectivity index (χ0) is 22.3. The average Bonchev–Trinajstić information content (AvgIpc) is 3.40. The van der Waals surface area contributed by atoms with Crippen LogP contribution < -0.4 is 5.32 Å². The van der Waals surface area contributed by atoms with Gasteiger partial charge in [-0.25, -0.2) is 14.2 Å². The van der Waals surface area contributed by atoms with Crippen LogP contribution in [0.3, 0.4) is 0 Å². The number of hydrogen-bond donors (Lipinski definition) is 1. The van der Waals surface area contributed by atoms with Crippen molar-refractivity contribution < 1.29 is 13.9 Å². The smallest absolute Gasteiger partial charge is 0.317 e. The molecule has 2 aromatic heterocycles. The van der Waals surface area contributed by atoms with Crippen LogP contribution in [-0.4, -0.2) is 47.1 Å². The number of ether oxygens (including phenoxy) is 1. The number of rotatable bonds is 9. The predicted octanol–water partition coefficient (Wildman–Crippen LogP) is 4.60. The summed E-state index contributed by atoms with van der Waals surface area (Å²) >= 11 is 1.55. The molecule has 2 amide bonds. The maximum atomic E-state index is 13.2. The van der Waals surface area contributed by atoms with Gasteiger partial charge < -0.3 is 15.0 Å². The lowest BCUT2D eigenvalue weighted by Crippen LogP contribution is -2.42. The first-order chi connectivity index (χ1) is 15.6. The van der Waals surface area contributed by atoms with E-state index in [1.54, 1.807) is 35.5 Å². The average molecular weight is 453 g/mol. The number of amides is 2. The molecule has 2 aromatic carbocycles. The van der Waals surface area contributed by atoms with Gasteiger partial charge in [-0.05, 0) is 29.8 Å². The number of methoxy groups -OCH3 is 1. The summed E-state index contributed by atoms with van der Waals surface area (Å²) in [5, 5.41) is 5.05. The van der Waals surface area contributed by atoms with Crippen LogP contribution in [0.5, 0.6) is 0 Å². The number of hydrogen-bond acceptors (Lipinski definition) is 4. The molecule has 6 nitrogen and oxygen atoms in total. The summed E-state index contributed by atoms with van der Waals surface area (Å²) < 4.78 is 20.5. The molecule has 4 rings (SSSR count). The minimum Gasteiger partial charge on any atom is -0.383 e. The lowest BCUT2D eigenvalue weighted by molar-refractivity contribution is 0.149. The molecule has 166 valence electrons. The van der Waals surface area contributed by atoms with Crippen LogP contribution in [0.4, 0.5) is 9.18 Å². The minimum absolute atomic E-state index is 0.116. The Kier molecular flexibility index (Phi) is 7.14. The molecule has 0 saturated carbocycles. The van der Waals surface area contributed by atoms with Gasteiger partial charge in [-0.2, -0.15) is 0 Å². The summed E-state index contributed by atoms with van der Waals surface area (Å²) in [5.74, 6) is -0.267. The Balaban J connectivity index is 1.42. The van der Waals surface area contributed by atoms with Gasteiger partial charge in [-0.1, -0.05) is 30.3 Å². The molecule has 2 heterocycles. The van der Waals surface area contributed by atoms with E-state index >= 15 is 0 Å². The van der Waals surface area contributed by atoms with E-state index in [0.717, 1.165) is 27.5 Å². The number of urea groups is 1. The van der Waals surface area contributed by atoms with Crippen LogP contribution in [0, 0.1) is 5.82 Å². The number of nitrogens with one attached hydrogen (secondary N) is 1. The summed E-state index contributed by atoms with van der Waals surface area (Å²) in [7, 11) is 1.63. The van der Waals surface area contributed by atoms with Crippen molar-refractivity contribution in [2.75, 3.05) is 26.8 Å². The van der Waals surface area contributed by atoms with Crippen molar-refractivity contribution in [1.29, 1.82) is 0 Å². The van der Waals surface area contributed by atoms with E-state index in [-0.39, 0.29) is 11.8 Å². The Bertz CT molecular complexity index is 1160. The Hall–Kier alpha value is -3.23. The molecule has 0 aliphatic rings. The number of carbonyl (C=O) groups excluding carboxylic acids is 1. The number of thiazole rings is 1. The Labute approximate surface area is 190 Å². The van der Waals surface area contributed by atoms with E-state index in [4.69, 9.17) is 4.74 Å². The lowest BCUT2D eigenvalue weighted by atomic mass is 10.2. The lowest BCUT2D eigenvalue weighted by Gasteiger charge is -2.22. The van der Waals surface area contributed by atoms with Gasteiger partial charge >= 0.3 is 6.03 Å². The second-order valence-electron chi connectivity index (χ2n) is 7.39. The first-order valence-corrected chi connectivity index (χ1v) is 11.3. The normalized spacial score (nSPS) is 11.1. The highest BCUT2D eigenvalue weighted by atomic mass is 32.1. The molecule has 0 bridgehead atoms. The van der Waals surface area contributed by atoms with Crippen molar-refractivity contribution in [1.82, 2.24) is 19.6 Å². The van der Waals surface area contributed by atoms with Gasteiger partial charge in [0.1, 0.15) is 5.82 Å². The van der Waals surface area contributed by atoms with E-state index in [2.05, 4.69) is 15.7 Å². The fourth-order valence-electron chi connectivity index (χ4n) is 3.42. The molecule has 0 aliphatic carbocycles. The maximum Gasteiger partial charge on any atom is 0.317 e. The van der Waals surface area contributed by atoms with Crippen molar-refractivity contribution in [2.45, 2.75) is 13.0 Å². The third kappa shape index (κ3) is 5.33. The third-order valence-corrected chi connectivity index (χ3v) is 6.09. The van der Waals surface area contributed by atoms with Crippen LogP contribution in [0.25, 0.3) is 16.2 Å². The number of halogens is 1. The number of nitrogens with zero attached hydrogens (tertiary/aromatic N) is 3. The summed E-state index contributed by atoms with van der Waals surface area (Å²) in [4.78, 5) is 20.1. The van der Waals surface area contributed by atoms with Gasteiger partial charge in [-0.3, -0.25) is 4.40 Å². The molecule has 0 saturated heterocycles. The highest BCUT2D eigenvalue weighted by Crippen LogP contribution is 2.24. The molecule has 0 fully saturated rings. The fourth-order valence-corrected chi connectivity index (χ4v) is 4.33. The third-order valence-electron chi connectivity index (χ3n) is 5.20. The van der Waals surface area contributed by atoms with E-state index < -0.39 is 0 Å². The number of fused-ring (bicyclic) bond motifs is 1. The van der Waals surface area contributed by atoms with Crippen molar-refractivity contribution in [2.24, 2.45) is 0 Å². The Morgan fingerprint density at radius 3 is 2.69 bits per heavy atom. The zero-order valence-electron chi connectivity index (χ0n) is 17.8. The first kappa shape index (κ1) is 22.0. The van der Waals surface area contributed by atoms with Gasteiger partial charge in [0.05, 0.1) is 12.3 Å². The predicted molar refractivity (Wildman–Crippen MR) is 124 cm³/mol. The molecule has 0 aliphatic heterocycles. The summed E-state index contributed by atoms with van der Waals surface area (Å²) in [5.41, 5.74) is 3.80. The molecule has 8 heteroatoms. The van der Waals surface area contributed by atoms with E-state index in [0.29, 0.717) is 32.7 Å². The minimum atomic E-state index is -0.267. The van der Waals surface area contributed by atoms with Gasteiger partial charge in [0.15, 0.2) is 4.96 Å². The number of benzene rings is 2. The van der Waals surface area contributed by atoms with Crippen molar-refractivity contribution in [3.63, 3.8) is 0 Å². The van der Waals surface area contributed by atoms with Crippen LogP contribution in [0.2, 0.25) is 0 Å². The number of imidazole rings is 1. The second kappa shape index (κ2) is 10.4. The summed E-state index contributed by atoms with van der Waals surface area (Å²) in [6.45, 7) is 2.01. The summed E-state index contributed by atoms with van der Waals surface area (Å²) in [6, 6.07) is 16.0. The number of aromatic nitrogens is 2. The molecule has 1 N–H and O–H groups in total. The molecular weight excluding hydrogens is 427 g/mol. The monoisotopic (exact) mass is 452 g/mol. The number of carbonyl (C=O) groups is 1. The van der Waals surface area contributed by atoms with E-state index in [9.17, 15) is 9.18 Å². The molecule has 0 spiro atoms. The standard InChI is InChI=1S/C24H25FN4O2S/c1-31-14-13-28(23(30)26-15-18-5-3-2-4-6-18)12-11-21-17-32-24-27-22(16-29(21)24)19-7-9-20(25)10-8-19/h2-10,16-17H,11-15H2,1H3,(H,26,30). The largest absolute Gasteiger partial charge is 0.383 e. The van der Waals surface area contributed by atoms with E-state index in [1.165, 1.54) is 12.1 Å². The first-order valence-electron chi connectivity index (χ1n) is 10.4. The van der Waals surface area contributed by atoms with Crippen molar-refractivity contribution >= 4 is 22.3 Å². The highest BCUT2D eigenvalue weighted by molar-refractivity contribution is 7.15. The maximum absolute atomic E-state index is 13.2. The molecular formula is C24H25FN4O2S. The van der Waals surface area contributed by atoms with Crippen LogP contribution in [-0.2, 0) is 17.7 Å². The van der Waals surface area contributed by atoms with Gasteiger partial charge in [0.2, 0.25) is 0 Å². The molecule has 0 radical (unpaired) electrons. The SMILES string of the molecule is COCCN(CCc1csc2nc(-c3ccc(F)cc3)cn12)C(=O)NCc1ccccc1. The molecule has 0 atom stereocenters. The topological polar surface area (TPSA) is 58.9 Å². The summed E-state index contributed by atoms with van der Waals surface area (Å²) in [6.07, 6.45) is 2.64. The van der Waals surface area contributed by atoms with E-state index in [1.807, 2.05) is 40.9 Å². The zero-order valence-corrected chi connectivity index (χ0v) is 18.6. The van der Waals surface area contributed by atoms with Gasteiger partial charge in [0.25, 0.3) is 0 Å². The second-order valence-corrected chi connectivity index (χ2v) is 8.22. The van der Waals surface area contributed by atoms with Gasteiger partial charge in [0, 0.05) is 56.0 Å². The fraction of sp³-hybridized carbons (Fsp3) is 0.250. The van der Waals surface area contributed by atoms with Crippen molar-refractivity contribution in [3.05, 3.63) is 83.2 Å².